The Morgan fingerprint density at radius 2 is 1.67 bits per heavy atom. The van der Waals surface area contributed by atoms with Crippen LogP contribution in [0.2, 0.25) is 0 Å². The minimum Gasteiger partial charge on any atom is -0.212 e. The van der Waals surface area contributed by atoms with E-state index in [4.69, 9.17) is 0 Å². The van der Waals surface area contributed by atoms with Crippen LogP contribution in [0.3, 0.4) is 0 Å². The molecular formula is C5H13NO4S2. The molecule has 0 bridgehead atoms. The average molecular weight is 215 g/mol. The normalized spacial score (nSPS) is 13.2. The molecule has 0 aliphatic carbocycles. The van der Waals surface area contributed by atoms with Gasteiger partial charge in [-0.1, -0.05) is 13.3 Å². The highest BCUT2D eigenvalue weighted by Gasteiger charge is 2.14. The van der Waals surface area contributed by atoms with Crippen LogP contribution < -0.4 is 4.13 Å². The van der Waals surface area contributed by atoms with Gasteiger partial charge < -0.3 is 0 Å². The summed E-state index contributed by atoms with van der Waals surface area (Å²) in [4.78, 5) is 0. The molecule has 0 aromatic rings. The lowest BCUT2D eigenvalue weighted by molar-refractivity contribution is 0.578. The van der Waals surface area contributed by atoms with Crippen molar-refractivity contribution in [3.05, 3.63) is 0 Å². The number of rotatable bonds is 5. The molecule has 0 saturated carbocycles. The Hall–Kier alpha value is -0.140. The third-order valence-corrected chi connectivity index (χ3v) is 4.10. The molecule has 5 nitrogen and oxygen atoms in total. The molecule has 0 fully saturated rings. The lowest BCUT2D eigenvalue weighted by Gasteiger charge is -2.02. The number of nitrogens with one attached hydrogen (secondary N) is 1. The standard InChI is InChI=1S/C5H13NO4S2/c1-3-4-5-12(9,10)6-11(2,7)8/h6H,3-5H2,1-2H3. The Kier molecular flexibility index (Phi) is 4.15. The molecule has 0 aromatic heterocycles. The predicted molar refractivity (Wildman–Crippen MR) is 46.7 cm³/mol. The van der Waals surface area contributed by atoms with Gasteiger partial charge in [0, 0.05) is 0 Å². The van der Waals surface area contributed by atoms with Crippen LogP contribution in [0.4, 0.5) is 0 Å². The number of hydrogen-bond acceptors (Lipinski definition) is 4. The maximum atomic E-state index is 10.9. The van der Waals surface area contributed by atoms with Crippen LogP contribution >= 0.6 is 0 Å². The van der Waals surface area contributed by atoms with Gasteiger partial charge in [-0.15, -0.1) is 4.13 Å². The zero-order valence-corrected chi connectivity index (χ0v) is 8.70. The minimum atomic E-state index is -3.65. The summed E-state index contributed by atoms with van der Waals surface area (Å²) in [5, 5.41) is 0. The van der Waals surface area contributed by atoms with Gasteiger partial charge in [-0.2, -0.15) is 0 Å². The van der Waals surface area contributed by atoms with Crippen LogP contribution in [-0.2, 0) is 20.0 Å². The Morgan fingerprint density at radius 3 is 2.00 bits per heavy atom. The Bertz CT molecular complexity index is 315. The molecule has 0 aliphatic rings. The van der Waals surface area contributed by atoms with Gasteiger partial charge in [0.25, 0.3) is 0 Å². The molecule has 0 radical (unpaired) electrons. The van der Waals surface area contributed by atoms with Crippen molar-refractivity contribution in [3.63, 3.8) is 0 Å². The van der Waals surface area contributed by atoms with Crippen LogP contribution in [-0.4, -0.2) is 28.8 Å². The van der Waals surface area contributed by atoms with E-state index in [2.05, 4.69) is 0 Å². The quantitative estimate of drug-likeness (QED) is 0.680. The van der Waals surface area contributed by atoms with Crippen molar-refractivity contribution in [1.82, 2.24) is 4.13 Å². The van der Waals surface area contributed by atoms with Gasteiger partial charge in [-0.05, 0) is 6.42 Å². The maximum absolute atomic E-state index is 10.9. The first kappa shape index (κ1) is 11.9. The topological polar surface area (TPSA) is 80.3 Å². The Labute approximate surface area is 73.3 Å². The van der Waals surface area contributed by atoms with Gasteiger partial charge in [0.05, 0.1) is 12.0 Å². The summed E-state index contributed by atoms with van der Waals surface area (Å²) in [5.41, 5.74) is 0. The molecule has 0 aliphatic heterocycles. The first-order chi connectivity index (χ1) is 5.27. The molecule has 0 saturated heterocycles. The minimum absolute atomic E-state index is 0.142. The fraction of sp³-hybridized carbons (Fsp3) is 1.00. The lowest BCUT2D eigenvalue weighted by atomic mass is 10.4. The summed E-state index contributed by atoms with van der Waals surface area (Å²) in [5.74, 6) is -0.142. The van der Waals surface area contributed by atoms with E-state index >= 15 is 0 Å². The monoisotopic (exact) mass is 215 g/mol. The smallest absolute Gasteiger partial charge is 0.212 e. The van der Waals surface area contributed by atoms with E-state index in [1.54, 1.807) is 4.13 Å². The van der Waals surface area contributed by atoms with Crippen LogP contribution in [0.25, 0.3) is 0 Å². The Balaban J connectivity index is 4.26. The van der Waals surface area contributed by atoms with Crippen LogP contribution in [0.15, 0.2) is 0 Å². The maximum Gasteiger partial charge on any atom is 0.224 e. The zero-order chi connectivity index (χ0) is 9.83. The first-order valence-corrected chi connectivity index (χ1v) is 7.02. The highest BCUT2D eigenvalue weighted by molar-refractivity contribution is 8.04. The number of unbranched alkanes of at least 4 members (excludes halogenated alkanes) is 1. The number of sulfonamides is 2. The summed E-state index contributed by atoms with van der Waals surface area (Å²) in [6, 6.07) is 0. The van der Waals surface area contributed by atoms with E-state index in [-0.39, 0.29) is 5.75 Å². The second kappa shape index (κ2) is 4.20. The van der Waals surface area contributed by atoms with E-state index in [1.807, 2.05) is 6.92 Å². The van der Waals surface area contributed by atoms with E-state index in [0.29, 0.717) is 12.8 Å². The summed E-state index contributed by atoms with van der Waals surface area (Å²) >= 11 is 0. The van der Waals surface area contributed by atoms with Crippen molar-refractivity contribution in [2.75, 3.05) is 12.0 Å². The van der Waals surface area contributed by atoms with Crippen molar-refractivity contribution < 1.29 is 16.8 Å². The molecule has 1 N–H and O–H groups in total. The SMILES string of the molecule is CCCCS(=O)(=O)NS(C)(=O)=O. The van der Waals surface area contributed by atoms with Crippen LogP contribution in [0, 0.1) is 0 Å². The Morgan fingerprint density at radius 1 is 1.17 bits per heavy atom. The summed E-state index contributed by atoms with van der Waals surface area (Å²) in [6.45, 7) is 1.83. The molecule has 0 heterocycles. The fourth-order valence-corrected chi connectivity index (χ4v) is 3.45. The zero-order valence-electron chi connectivity index (χ0n) is 7.07. The van der Waals surface area contributed by atoms with Gasteiger partial charge in [-0.3, -0.25) is 0 Å². The lowest BCUT2D eigenvalue weighted by Crippen LogP contribution is -2.31. The molecule has 0 atom stereocenters. The summed E-state index contributed by atoms with van der Waals surface area (Å²) < 4.78 is 44.4. The fourth-order valence-electron chi connectivity index (χ4n) is 0.607. The van der Waals surface area contributed by atoms with Gasteiger partial charge in [0.15, 0.2) is 0 Å². The van der Waals surface area contributed by atoms with Crippen molar-refractivity contribution in [2.24, 2.45) is 0 Å². The third kappa shape index (κ3) is 6.56. The van der Waals surface area contributed by atoms with Gasteiger partial charge >= 0.3 is 0 Å². The largest absolute Gasteiger partial charge is 0.224 e. The molecule has 0 rings (SSSR count). The van der Waals surface area contributed by atoms with Crippen LogP contribution in [0.1, 0.15) is 19.8 Å². The molecule has 74 valence electrons. The van der Waals surface area contributed by atoms with Crippen molar-refractivity contribution in [1.29, 1.82) is 0 Å². The molecule has 0 spiro atoms. The summed E-state index contributed by atoms with van der Waals surface area (Å²) in [6.07, 6.45) is 1.99. The highest BCUT2D eigenvalue weighted by atomic mass is 32.3. The van der Waals surface area contributed by atoms with E-state index in [9.17, 15) is 16.8 Å². The molecule has 7 heteroatoms. The molecule has 0 amide bonds. The van der Waals surface area contributed by atoms with Gasteiger partial charge in [-0.25, -0.2) is 16.8 Å². The van der Waals surface area contributed by atoms with E-state index in [0.717, 1.165) is 6.26 Å². The third-order valence-electron chi connectivity index (χ3n) is 1.04. The first-order valence-electron chi connectivity index (χ1n) is 3.48. The molecule has 0 aromatic carbocycles. The van der Waals surface area contributed by atoms with Gasteiger partial charge in [0.2, 0.25) is 20.0 Å². The second-order valence-corrected chi connectivity index (χ2v) is 6.38. The summed E-state index contributed by atoms with van der Waals surface area (Å²) in [7, 11) is -7.29. The van der Waals surface area contributed by atoms with Crippen molar-refractivity contribution in [2.45, 2.75) is 19.8 Å². The number of hydrogen-bond donors (Lipinski definition) is 1. The average Bonchev–Trinajstić information content (AvgIpc) is 1.78. The van der Waals surface area contributed by atoms with Crippen molar-refractivity contribution >= 4 is 20.0 Å². The molecular weight excluding hydrogens is 202 g/mol. The second-order valence-electron chi connectivity index (χ2n) is 2.53. The van der Waals surface area contributed by atoms with Crippen LogP contribution in [0.5, 0.6) is 0 Å². The molecule has 0 unspecified atom stereocenters. The predicted octanol–water partition coefficient (Wildman–Crippen LogP) is -0.334. The highest BCUT2D eigenvalue weighted by Crippen LogP contribution is 1.94. The van der Waals surface area contributed by atoms with Crippen molar-refractivity contribution in [3.8, 4) is 0 Å². The van der Waals surface area contributed by atoms with Gasteiger partial charge in [0.1, 0.15) is 0 Å². The van der Waals surface area contributed by atoms with E-state index in [1.165, 1.54) is 0 Å². The van der Waals surface area contributed by atoms with E-state index < -0.39 is 20.0 Å². The molecule has 12 heavy (non-hydrogen) atoms.